The van der Waals surface area contributed by atoms with E-state index < -0.39 is 0 Å². The van der Waals surface area contributed by atoms with Gasteiger partial charge in [0.15, 0.2) is 0 Å². The average molecular weight is 742 g/mol. The molecule has 56 heavy (non-hydrogen) atoms. The largest absolute Gasteiger partial charge is 0.338 e. The predicted molar refractivity (Wildman–Crippen MR) is 234 cm³/mol. The fourth-order valence-electron chi connectivity index (χ4n) is 8.91. The van der Waals surface area contributed by atoms with E-state index in [0.717, 1.165) is 53.8 Å². The standard InChI is InChI=1S/C50H39N5S/c1-3-11-34(12-4-1)37-22-28-42-43-29-27-41(32-47(43)55(46(42)31-37)38-13-5-2-6-14-38)54(39-23-18-35(19-24-39)45-33-53-30-10-9-17-49(53)51-45)40-25-20-36(21-26-40)50-52-44-15-7-8-16-48(44)56-50/h1-19,22-24,27-33,36,40H,20-21,25-26H2. The van der Waals surface area contributed by atoms with Gasteiger partial charge >= 0.3 is 0 Å². The second-order valence-electron chi connectivity index (χ2n) is 15.0. The van der Waals surface area contributed by atoms with Crippen molar-refractivity contribution in [3.05, 3.63) is 181 Å². The number of imidazole rings is 1. The number of nitrogens with zero attached hydrogens (tertiary/aromatic N) is 5. The molecule has 0 amide bonds. The maximum atomic E-state index is 5.09. The molecule has 1 saturated carbocycles. The van der Waals surface area contributed by atoms with E-state index in [-0.39, 0.29) is 0 Å². The van der Waals surface area contributed by atoms with Crippen LogP contribution in [0.3, 0.4) is 0 Å². The first-order valence-electron chi connectivity index (χ1n) is 19.6. The van der Waals surface area contributed by atoms with E-state index in [2.05, 4.69) is 178 Å². The van der Waals surface area contributed by atoms with Crippen molar-refractivity contribution in [2.45, 2.75) is 37.6 Å². The summed E-state index contributed by atoms with van der Waals surface area (Å²) in [5.74, 6) is 0.491. The van der Waals surface area contributed by atoms with Crippen molar-refractivity contribution >= 4 is 60.4 Å². The number of rotatable bonds is 7. The van der Waals surface area contributed by atoms with Crippen LogP contribution in [0.15, 0.2) is 176 Å². The minimum Gasteiger partial charge on any atom is -0.338 e. The first-order valence-corrected chi connectivity index (χ1v) is 20.4. The Labute approximate surface area is 329 Å². The number of thiazole rings is 1. The van der Waals surface area contributed by atoms with Crippen LogP contribution < -0.4 is 4.90 Å². The molecular weight excluding hydrogens is 703 g/mol. The van der Waals surface area contributed by atoms with Gasteiger partial charge in [-0.1, -0.05) is 97.1 Å². The molecule has 0 atom stereocenters. The molecule has 0 radical (unpaired) electrons. The molecule has 5 nitrogen and oxygen atoms in total. The SMILES string of the molecule is c1ccc(-c2ccc3c4ccc(N(c5ccc(-c6cn7ccccc7n6)cc5)C5CCC(c6nc7ccccc7s6)CC5)cc4n(-c4ccccc4)c3c2)cc1. The van der Waals surface area contributed by atoms with Crippen molar-refractivity contribution in [3.8, 4) is 28.1 Å². The fraction of sp³-hybridized carbons (Fsp3) is 0.120. The minimum atomic E-state index is 0.346. The van der Waals surface area contributed by atoms with Crippen molar-refractivity contribution < 1.29 is 0 Å². The van der Waals surface area contributed by atoms with E-state index in [1.165, 1.54) is 54.0 Å². The summed E-state index contributed by atoms with van der Waals surface area (Å²) in [5, 5.41) is 3.81. The Morgan fingerprint density at radius 1 is 0.554 bits per heavy atom. The Balaban J connectivity index is 1.02. The van der Waals surface area contributed by atoms with Crippen LogP contribution in [0, 0.1) is 0 Å². The van der Waals surface area contributed by atoms with Crippen LogP contribution in [0.1, 0.15) is 36.6 Å². The smallest absolute Gasteiger partial charge is 0.137 e. The lowest BCUT2D eigenvalue weighted by Crippen LogP contribution is -2.34. The maximum Gasteiger partial charge on any atom is 0.137 e. The van der Waals surface area contributed by atoms with Gasteiger partial charge < -0.3 is 13.9 Å². The summed E-state index contributed by atoms with van der Waals surface area (Å²) in [6.07, 6.45) is 8.60. The lowest BCUT2D eigenvalue weighted by Gasteiger charge is -2.38. The number of fused-ring (bicyclic) bond motifs is 5. The van der Waals surface area contributed by atoms with Crippen LogP contribution >= 0.6 is 11.3 Å². The third kappa shape index (κ3) is 5.76. The molecule has 0 unspecified atom stereocenters. The quantitative estimate of drug-likeness (QED) is 0.163. The zero-order chi connectivity index (χ0) is 37.0. The van der Waals surface area contributed by atoms with Crippen molar-refractivity contribution in [2.75, 3.05) is 4.90 Å². The second kappa shape index (κ2) is 13.7. The normalized spacial score (nSPS) is 15.9. The molecule has 11 rings (SSSR count). The van der Waals surface area contributed by atoms with Gasteiger partial charge in [-0.2, -0.15) is 0 Å². The maximum absolute atomic E-state index is 5.09. The summed E-state index contributed by atoms with van der Waals surface area (Å²) < 4.78 is 5.83. The Kier molecular flexibility index (Phi) is 8.02. The summed E-state index contributed by atoms with van der Waals surface area (Å²) >= 11 is 1.87. The van der Waals surface area contributed by atoms with Gasteiger partial charge in [-0.05, 0) is 104 Å². The summed E-state index contributed by atoms with van der Waals surface area (Å²) in [7, 11) is 0. The van der Waals surface area contributed by atoms with E-state index in [4.69, 9.17) is 9.97 Å². The Morgan fingerprint density at radius 2 is 1.23 bits per heavy atom. The van der Waals surface area contributed by atoms with E-state index in [9.17, 15) is 0 Å². The zero-order valence-corrected chi connectivity index (χ0v) is 31.7. The molecule has 4 heterocycles. The third-order valence-corrected chi connectivity index (χ3v) is 12.9. The van der Waals surface area contributed by atoms with E-state index in [1.807, 2.05) is 23.5 Å². The number of benzene rings is 6. The Morgan fingerprint density at radius 3 is 2.02 bits per heavy atom. The van der Waals surface area contributed by atoms with Crippen molar-refractivity contribution in [1.82, 2.24) is 18.9 Å². The van der Waals surface area contributed by atoms with E-state index in [1.54, 1.807) is 0 Å². The van der Waals surface area contributed by atoms with Gasteiger partial charge in [0.1, 0.15) is 5.65 Å². The number of hydrogen-bond donors (Lipinski definition) is 0. The molecule has 0 saturated heterocycles. The molecule has 1 aliphatic rings. The summed E-state index contributed by atoms with van der Waals surface area (Å²) in [6.45, 7) is 0. The van der Waals surface area contributed by atoms with Crippen LogP contribution in [0.2, 0.25) is 0 Å². The first-order chi connectivity index (χ1) is 27.7. The van der Waals surface area contributed by atoms with Gasteiger partial charge in [0.25, 0.3) is 0 Å². The summed E-state index contributed by atoms with van der Waals surface area (Å²) in [4.78, 5) is 12.6. The topological polar surface area (TPSA) is 38.4 Å². The molecular formula is C50H39N5S. The van der Waals surface area contributed by atoms with Crippen LogP contribution in [0.25, 0.3) is 65.7 Å². The lowest BCUT2D eigenvalue weighted by molar-refractivity contribution is 0.391. The van der Waals surface area contributed by atoms with Crippen LogP contribution in [-0.4, -0.2) is 25.0 Å². The van der Waals surface area contributed by atoms with Gasteiger partial charge in [-0.3, -0.25) is 0 Å². The second-order valence-corrected chi connectivity index (χ2v) is 16.1. The highest BCUT2D eigenvalue weighted by atomic mass is 32.1. The number of aromatic nitrogens is 4. The molecule has 0 N–H and O–H groups in total. The lowest BCUT2D eigenvalue weighted by atomic mass is 9.85. The van der Waals surface area contributed by atoms with Crippen LogP contribution in [0.4, 0.5) is 11.4 Å². The highest BCUT2D eigenvalue weighted by molar-refractivity contribution is 7.18. The van der Waals surface area contributed by atoms with E-state index in [0.29, 0.717) is 12.0 Å². The molecule has 6 heteroatoms. The Bertz CT molecular complexity index is 2920. The molecule has 1 aliphatic carbocycles. The highest BCUT2D eigenvalue weighted by Gasteiger charge is 2.30. The van der Waals surface area contributed by atoms with Crippen molar-refractivity contribution in [1.29, 1.82) is 0 Å². The molecule has 10 aromatic rings. The van der Waals surface area contributed by atoms with Crippen molar-refractivity contribution in [3.63, 3.8) is 0 Å². The fourth-order valence-corrected chi connectivity index (χ4v) is 10.0. The molecule has 6 aromatic carbocycles. The Hall–Kier alpha value is -6.50. The predicted octanol–water partition coefficient (Wildman–Crippen LogP) is 13.2. The molecule has 0 bridgehead atoms. The minimum absolute atomic E-state index is 0.346. The monoisotopic (exact) mass is 741 g/mol. The van der Waals surface area contributed by atoms with Crippen LogP contribution in [0.5, 0.6) is 0 Å². The van der Waals surface area contributed by atoms with Gasteiger partial charge in [-0.25, -0.2) is 9.97 Å². The third-order valence-electron chi connectivity index (χ3n) is 11.7. The van der Waals surface area contributed by atoms with E-state index >= 15 is 0 Å². The summed E-state index contributed by atoms with van der Waals surface area (Å²) in [5.41, 5.74) is 12.6. The van der Waals surface area contributed by atoms with Gasteiger partial charge in [0.2, 0.25) is 0 Å². The van der Waals surface area contributed by atoms with Crippen LogP contribution in [-0.2, 0) is 0 Å². The molecule has 4 aromatic heterocycles. The van der Waals surface area contributed by atoms with Gasteiger partial charge in [0.05, 0.1) is 32.0 Å². The van der Waals surface area contributed by atoms with Gasteiger partial charge in [-0.15, -0.1) is 11.3 Å². The summed E-state index contributed by atoms with van der Waals surface area (Å²) in [6, 6.07) is 59.7. The number of para-hydroxylation sites is 2. The average Bonchev–Trinajstić information content (AvgIpc) is 3.99. The first kappa shape index (κ1) is 32.9. The number of hydrogen-bond acceptors (Lipinski definition) is 4. The van der Waals surface area contributed by atoms with Crippen molar-refractivity contribution in [2.24, 2.45) is 0 Å². The zero-order valence-electron chi connectivity index (χ0n) is 30.9. The molecule has 0 spiro atoms. The molecule has 0 aliphatic heterocycles. The molecule has 270 valence electrons. The van der Waals surface area contributed by atoms with Gasteiger partial charge in [0, 0.05) is 57.8 Å². The molecule has 1 fully saturated rings. The number of anilines is 2. The highest BCUT2D eigenvalue weighted by Crippen LogP contribution is 2.44. The number of pyridine rings is 1.